The molecule has 0 aliphatic carbocycles. The van der Waals surface area contributed by atoms with Crippen molar-refractivity contribution in [2.45, 2.75) is 20.8 Å². The third-order valence-electron chi connectivity index (χ3n) is 4.67. The molecule has 2 aromatic rings. The quantitative estimate of drug-likeness (QED) is 0.800. The molecule has 2 heterocycles. The van der Waals surface area contributed by atoms with E-state index in [1.807, 2.05) is 0 Å². The number of piperazine rings is 1. The fraction of sp³-hybridized carbons (Fsp3) is 0.421. The fourth-order valence-electron chi connectivity index (χ4n) is 3.15. The van der Waals surface area contributed by atoms with Crippen molar-refractivity contribution in [2.75, 3.05) is 37.6 Å². The summed E-state index contributed by atoms with van der Waals surface area (Å²) in [5, 5.41) is 0. The highest BCUT2D eigenvalue weighted by Crippen LogP contribution is 2.29. The number of hydrogen-bond acceptors (Lipinski definition) is 3. The summed E-state index contributed by atoms with van der Waals surface area (Å²) >= 11 is 3.54. The van der Waals surface area contributed by atoms with Gasteiger partial charge in [0.2, 0.25) is 0 Å². The number of halogens is 1. The second kappa shape index (κ2) is 7.02. The SMILES string of the molecule is CCN1CCN(c2ccc(C)c(-c3ccc(Br)cc3C)n2)CC1. The molecular weight excluding hydrogens is 350 g/mol. The molecule has 0 atom stereocenters. The van der Waals surface area contributed by atoms with Gasteiger partial charge < -0.3 is 9.80 Å². The van der Waals surface area contributed by atoms with Crippen LogP contribution in [0, 0.1) is 13.8 Å². The normalized spacial score (nSPS) is 15.9. The van der Waals surface area contributed by atoms with Gasteiger partial charge in [-0.2, -0.15) is 0 Å². The van der Waals surface area contributed by atoms with Crippen molar-refractivity contribution in [1.82, 2.24) is 9.88 Å². The lowest BCUT2D eigenvalue weighted by Gasteiger charge is -2.35. The summed E-state index contributed by atoms with van der Waals surface area (Å²) < 4.78 is 1.11. The van der Waals surface area contributed by atoms with Crippen LogP contribution in [-0.2, 0) is 0 Å². The molecule has 122 valence electrons. The average molecular weight is 374 g/mol. The van der Waals surface area contributed by atoms with Crippen LogP contribution in [0.1, 0.15) is 18.1 Å². The van der Waals surface area contributed by atoms with Gasteiger partial charge in [0.15, 0.2) is 0 Å². The van der Waals surface area contributed by atoms with Crippen molar-refractivity contribution in [3.63, 3.8) is 0 Å². The first-order chi connectivity index (χ1) is 11.1. The van der Waals surface area contributed by atoms with Gasteiger partial charge in [0.05, 0.1) is 5.69 Å². The lowest BCUT2D eigenvalue weighted by molar-refractivity contribution is 0.270. The summed E-state index contributed by atoms with van der Waals surface area (Å²) in [6.45, 7) is 12.0. The van der Waals surface area contributed by atoms with Crippen LogP contribution < -0.4 is 4.90 Å². The molecule has 1 aliphatic heterocycles. The smallest absolute Gasteiger partial charge is 0.129 e. The molecule has 1 aromatic carbocycles. The molecule has 0 radical (unpaired) electrons. The number of nitrogens with zero attached hydrogens (tertiary/aromatic N) is 3. The first-order valence-corrected chi connectivity index (χ1v) is 9.09. The van der Waals surface area contributed by atoms with Crippen molar-refractivity contribution in [3.05, 3.63) is 45.9 Å². The van der Waals surface area contributed by atoms with E-state index < -0.39 is 0 Å². The topological polar surface area (TPSA) is 19.4 Å². The van der Waals surface area contributed by atoms with Crippen molar-refractivity contribution < 1.29 is 0 Å². The average Bonchev–Trinajstić information content (AvgIpc) is 2.56. The maximum atomic E-state index is 5.00. The molecule has 1 fully saturated rings. The molecule has 0 saturated carbocycles. The van der Waals surface area contributed by atoms with Crippen LogP contribution in [0.2, 0.25) is 0 Å². The van der Waals surface area contributed by atoms with E-state index in [0.717, 1.165) is 48.7 Å². The van der Waals surface area contributed by atoms with Gasteiger partial charge in [0.1, 0.15) is 5.82 Å². The number of likely N-dealkylation sites (N-methyl/N-ethyl adjacent to an activating group) is 1. The van der Waals surface area contributed by atoms with E-state index in [2.05, 4.69) is 76.8 Å². The Morgan fingerprint density at radius 2 is 1.74 bits per heavy atom. The lowest BCUT2D eigenvalue weighted by atomic mass is 10.0. The first-order valence-electron chi connectivity index (χ1n) is 8.30. The number of anilines is 1. The third-order valence-corrected chi connectivity index (χ3v) is 5.16. The van der Waals surface area contributed by atoms with Crippen molar-refractivity contribution in [2.24, 2.45) is 0 Å². The molecule has 1 aromatic heterocycles. The maximum Gasteiger partial charge on any atom is 0.129 e. The maximum absolute atomic E-state index is 5.00. The van der Waals surface area contributed by atoms with E-state index in [0.29, 0.717) is 0 Å². The summed E-state index contributed by atoms with van der Waals surface area (Å²) in [6, 6.07) is 10.8. The number of pyridine rings is 1. The van der Waals surface area contributed by atoms with Crippen LogP contribution >= 0.6 is 15.9 Å². The summed E-state index contributed by atoms with van der Waals surface area (Å²) in [7, 11) is 0. The Morgan fingerprint density at radius 1 is 1.00 bits per heavy atom. The van der Waals surface area contributed by atoms with Crippen molar-refractivity contribution in [1.29, 1.82) is 0 Å². The highest BCUT2D eigenvalue weighted by Gasteiger charge is 2.18. The predicted octanol–water partition coefficient (Wildman–Crippen LogP) is 4.27. The summed E-state index contributed by atoms with van der Waals surface area (Å²) in [5.74, 6) is 1.10. The minimum Gasteiger partial charge on any atom is -0.354 e. The zero-order valence-corrected chi connectivity index (χ0v) is 15.7. The standard InChI is InChI=1S/C19H24BrN3/c1-4-22-9-11-23(12-10-22)18-8-5-14(2)19(21-18)17-7-6-16(20)13-15(17)3/h5-8,13H,4,9-12H2,1-3H3. The summed E-state index contributed by atoms with van der Waals surface area (Å²) in [6.07, 6.45) is 0. The van der Waals surface area contributed by atoms with Gasteiger partial charge in [0, 0.05) is 36.2 Å². The summed E-state index contributed by atoms with van der Waals surface area (Å²) in [4.78, 5) is 9.90. The Morgan fingerprint density at radius 3 is 2.39 bits per heavy atom. The van der Waals surface area contributed by atoms with Crippen LogP contribution in [0.5, 0.6) is 0 Å². The molecule has 1 saturated heterocycles. The van der Waals surface area contributed by atoms with Crippen LogP contribution in [0.15, 0.2) is 34.8 Å². The summed E-state index contributed by atoms with van der Waals surface area (Å²) in [5.41, 5.74) is 4.81. The molecule has 4 heteroatoms. The molecule has 0 N–H and O–H groups in total. The van der Waals surface area contributed by atoms with Crippen LogP contribution in [-0.4, -0.2) is 42.6 Å². The number of hydrogen-bond donors (Lipinski definition) is 0. The molecular formula is C19H24BrN3. The van der Waals surface area contributed by atoms with Gasteiger partial charge in [-0.15, -0.1) is 0 Å². The fourth-order valence-corrected chi connectivity index (χ4v) is 3.63. The van der Waals surface area contributed by atoms with E-state index >= 15 is 0 Å². The monoisotopic (exact) mass is 373 g/mol. The molecule has 0 amide bonds. The van der Waals surface area contributed by atoms with E-state index in [4.69, 9.17) is 4.98 Å². The minimum absolute atomic E-state index is 1.06. The lowest BCUT2D eigenvalue weighted by Crippen LogP contribution is -2.46. The van der Waals surface area contributed by atoms with Gasteiger partial charge in [-0.1, -0.05) is 35.0 Å². The van der Waals surface area contributed by atoms with Crippen LogP contribution in [0.4, 0.5) is 5.82 Å². The highest BCUT2D eigenvalue weighted by atomic mass is 79.9. The van der Waals surface area contributed by atoms with E-state index in [9.17, 15) is 0 Å². The van der Waals surface area contributed by atoms with Crippen LogP contribution in [0.25, 0.3) is 11.3 Å². The van der Waals surface area contributed by atoms with Crippen molar-refractivity contribution >= 4 is 21.7 Å². The third kappa shape index (κ3) is 3.59. The zero-order chi connectivity index (χ0) is 16.4. The second-order valence-corrected chi connectivity index (χ2v) is 7.13. The largest absolute Gasteiger partial charge is 0.354 e. The van der Waals surface area contributed by atoms with Crippen LogP contribution in [0.3, 0.4) is 0 Å². The number of rotatable bonds is 3. The molecule has 23 heavy (non-hydrogen) atoms. The molecule has 3 nitrogen and oxygen atoms in total. The Labute approximate surface area is 147 Å². The molecule has 1 aliphatic rings. The van der Waals surface area contributed by atoms with Crippen molar-refractivity contribution in [3.8, 4) is 11.3 Å². The Balaban J connectivity index is 1.90. The Kier molecular flexibility index (Phi) is 5.02. The van der Waals surface area contributed by atoms with E-state index in [1.165, 1.54) is 16.7 Å². The van der Waals surface area contributed by atoms with Gasteiger partial charge >= 0.3 is 0 Å². The zero-order valence-electron chi connectivity index (χ0n) is 14.1. The van der Waals surface area contributed by atoms with E-state index in [-0.39, 0.29) is 0 Å². The predicted molar refractivity (Wildman–Crippen MR) is 101 cm³/mol. The molecule has 0 spiro atoms. The Hall–Kier alpha value is -1.39. The minimum atomic E-state index is 1.06. The first kappa shape index (κ1) is 16.5. The Bertz CT molecular complexity index is 691. The number of aromatic nitrogens is 1. The van der Waals surface area contributed by atoms with E-state index in [1.54, 1.807) is 0 Å². The molecule has 0 bridgehead atoms. The van der Waals surface area contributed by atoms with Gasteiger partial charge in [0.25, 0.3) is 0 Å². The van der Waals surface area contributed by atoms with Gasteiger partial charge in [-0.3, -0.25) is 0 Å². The molecule has 0 unspecified atom stereocenters. The number of aryl methyl sites for hydroxylation is 2. The van der Waals surface area contributed by atoms with Gasteiger partial charge in [-0.25, -0.2) is 4.98 Å². The molecule has 3 rings (SSSR count). The number of benzene rings is 1. The highest BCUT2D eigenvalue weighted by molar-refractivity contribution is 9.10. The van der Waals surface area contributed by atoms with Gasteiger partial charge in [-0.05, 0) is 49.7 Å². The second-order valence-electron chi connectivity index (χ2n) is 6.22.